The van der Waals surface area contributed by atoms with Crippen molar-refractivity contribution in [2.75, 3.05) is 19.6 Å². The first kappa shape index (κ1) is 19.2. The van der Waals surface area contributed by atoms with Gasteiger partial charge < -0.3 is 10.2 Å². The minimum Gasteiger partial charge on any atom is -0.355 e. The lowest BCUT2D eigenvalue weighted by Crippen LogP contribution is -2.46. The minimum absolute atomic E-state index is 0.0417. The average molecular weight is 381 g/mol. The third-order valence-corrected chi connectivity index (χ3v) is 6.16. The summed E-state index contributed by atoms with van der Waals surface area (Å²) in [5.74, 6) is 0.141. The number of likely N-dealkylation sites (tertiary alicyclic amines) is 1. The number of hydrogen-bond acceptors (Lipinski definition) is 2. The van der Waals surface area contributed by atoms with Crippen molar-refractivity contribution in [1.82, 2.24) is 10.2 Å². The lowest BCUT2D eigenvalue weighted by molar-refractivity contribution is -0.130. The van der Waals surface area contributed by atoms with E-state index >= 15 is 0 Å². The van der Waals surface area contributed by atoms with E-state index in [1.807, 2.05) is 11.0 Å². The summed E-state index contributed by atoms with van der Waals surface area (Å²) in [5.41, 5.74) is 0.683. The van der Waals surface area contributed by atoms with Crippen molar-refractivity contribution in [1.29, 1.82) is 0 Å². The van der Waals surface area contributed by atoms with E-state index in [1.165, 1.54) is 12.1 Å². The monoisotopic (exact) mass is 380 g/mol. The Bertz CT molecular complexity index is 662. The van der Waals surface area contributed by atoms with Crippen molar-refractivity contribution in [3.05, 3.63) is 34.6 Å². The summed E-state index contributed by atoms with van der Waals surface area (Å²) in [5, 5.41) is 3.46. The van der Waals surface area contributed by atoms with E-state index in [0.29, 0.717) is 23.9 Å². The van der Waals surface area contributed by atoms with Crippen molar-refractivity contribution in [2.24, 2.45) is 5.92 Å². The molecule has 2 amide bonds. The fourth-order valence-corrected chi connectivity index (χ4v) is 4.31. The molecule has 0 bridgehead atoms. The van der Waals surface area contributed by atoms with Gasteiger partial charge in [0.25, 0.3) is 0 Å². The van der Waals surface area contributed by atoms with E-state index in [2.05, 4.69) is 5.32 Å². The van der Waals surface area contributed by atoms with Gasteiger partial charge >= 0.3 is 0 Å². The van der Waals surface area contributed by atoms with Gasteiger partial charge in [0.2, 0.25) is 11.8 Å². The molecule has 1 aromatic carbocycles. The molecule has 1 saturated carbocycles. The molecule has 1 N–H and O–H groups in total. The quantitative estimate of drug-likeness (QED) is 0.847. The smallest absolute Gasteiger partial charge is 0.220 e. The van der Waals surface area contributed by atoms with Crippen LogP contribution in [0.15, 0.2) is 18.2 Å². The molecule has 1 saturated heterocycles. The molecule has 0 radical (unpaired) electrons. The van der Waals surface area contributed by atoms with E-state index in [-0.39, 0.29) is 23.0 Å². The van der Waals surface area contributed by atoms with E-state index in [9.17, 15) is 14.0 Å². The minimum atomic E-state index is -0.331. The molecule has 4 nitrogen and oxygen atoms in total. The second-order valence-electron chi connectivity index (χ2n) is 7.72. The maximum absolute atomic E-state index is 13.7. The number of nitrogens with zero attached hydrogens (tertiary/aromatic N) is 1. The van der Waals surface area contributed by atoms with Crippen molar-refractivity contribution >= 4 is 23.4 Å². The molecule has 142 valence electrons. The van der Waals surface area contributed by atoms with Crippen LogP contribution in [0.3, 0.4) is 0 Å². The van der Waals surface area contributed by atoms with Crippen LogP contribution < -0.4 is 5.32 Å². The SMILES string of the molecule is CC(=O)N1CCC(CC(=O)NCC2(c3cc(F)cc(Cl)c3)CCC2)CC1. The molecule has 0 unspecified atom stereocenters. The van der Waals surface area contributed by atoms with Gasteiger partial charge in [-0.05, 0) is 55.4 Å². The van der Waals surface area contributed by atoms with Gasteiger partial charge in [-0.15, -0.1) is 0 Å². The fraction of sp³-hybridized carbons (Fsp3) is 0.600. The van der Waals surface area contributed by atoms with Crippen molar-refractivity contribution < 1.29 is 14.0 Å². The van der Waals surface area contributed by atoms with Crippen molar-refractivity contribution in [3.63, 3.8) is 0 Å². The standard InChI is InChI=1S/C20H26ClFN2O2/c1-14(25)24-7-3-15(4-8-24)9-19(26)23-13-20(5-2-6-20)16-10-17(21)12-18(22)11-16/h10-12,15H,2-9,13H2,1H3,(H,23,26). The Morgan fingerprint density at radius 3 is 2.50 bits per heavy atom. The maximum Gasteiger partial charge on any atom is 0.220 e. The number of rotatable bonds is 5. The van der Waals surface area contributed by atoms with Gasteiger partial charge in [-0.2, -0.15) is 0 Å². The topological polar surface area (TPSA) is 49.4 Å². The molecule has 0 aromatic heterocycles. The van der Waals surface area contributed by atoms with Gasteiger partial charge in [0.05, 0.1) is 0 Å². The summed E-state index contributed by atoms with van der Waals surface area (Å²) in [6, 6.07) is 4.66. The second-order valence-corrected chi connectivity index (χ2v) is 8.16. The molecule has 2 fully saturated rings. The van der Waals surface area contributed by atoms with Crippen LogP contribution in [0.4, 0.5) is 4.39 Å². The first-order chi connectivity index (χ1) is 12.4. The Kier molecular flexibility index (Phi) is 5.86. The summed E-state index contributed by atoms with van der Waals surface area (Å²) in [6.07, 6.45) is 5.18. The summed E-state index contributed by atoms with van der Waals surface area (Å²) in [6.45, 7) is 3.58. The third-order valence-electron chi connectivity index (χ3n) is 5.94. The van der Waals surface area contributed by atoms with E-state index < -0.39 is 0 Å². The van der Waals surface area contributed by atoms with Crippen molar-refractivity contribution in [2.45, 2.75) is 50.9 Å². The Labute approximate surface area is 159 Å². The first-order valence-corrected chi connectivity index (χ1v) is 9.74. The number of benzene rings is 1. The first-order valence-electron chi connectivity index (χ1n) is 9.37. The zero-order valence-corrected chi connectivity index (χ0v) is 15.9. The highest BCUT2D eigenvalue weighted by Crippen LogP contribution is 2.44. The number of hydrogen-bond donors (Lipinski definition) is 1. The Morgan fingerprint density at radius 1 is 1.27 bits per heavy atom. The highest BCUT2D eigenvalue weighted by Gasteiger charge is 2.39. The molecule has 1 aromatic rings. The number of halogens is 2. The Hall–Kier alpha value is -1.62. The molecule has 2 aliphatic rings. The number of amides is 2. The van der Waals surface area contributed by atoms with E-state index in [0.717, 1.165) is 50.8 Å². The predicted octanol–water partition coefficient (Wildman–Crippen LogP) is 3.67. The molecule has 3 rings (SSSR count). The van der Waals surface area contributed by atoms with E-state index in [4.69, 9.17) is 11.6 Å². The molecule has 26 heavy (non-hydrogen) atoms. The lowest BCUT2D eigenvalue weighted by Gasteiger charge is -2.43. The van der Waals surface area contributed by atoms with Crippen LogP contribution in [0.5, 0.6) is 0 Å². The van der Waals surface area contributed by atoms with Gasteiger partial charge in [-0.25, -0.2) is 4.39 Å². The van der Waals surface area contributed by atoms with Crippen LogP contribution in [0.25, 0.3) is 0 Å². The zero-order chi connectivity index (χ0) is 18.7. The third kappa shape index (κ3) is 4.37. The molecular weight excluding hydrogens is 355 g/mol. The summed E-state index contributed by atoms with van der Waals surface area (Å²) in [4.78, 5) is 25.6. The number of nitrogens with one attached hydrogen (secondary N) is 1. The summed E-state index contributed by atoms with van der Waals surface area (Å²) < 4.78 is 13.7. The van der Waals surface area contributed by atoms with Crippen LogP contribution in [0, 0.1) is 11.7 Å². The van der Waals surface area contributed by atoms with Gasteiger partial charge in [0.15, 0.2) is 0 Å². The second kappa shape index (κ2) is 7.95. The maximum atomic E-state index is 13.7. The average Bonchev–Trinajstić information content (AvgIpc) is 2.53. The number of carbonyl (C=O) groups is 2. The highest BCUT2D eigenvalue weighted by molar-refractivity contribution is 6.30. The fourth-order valence-electron chi connectivity index (χ4n) is 4.09. The largest absolute Gasteiger partial charge is 0.355 e. The molecule has 1 aliphatic heterocycles. The normalized spacial score (nSPS) is 19.7. The van der Waals surface area contributed by atoms with Crippen LogP contribution in [0.1, 0.15) is 51.0 Å². The Balaban J connectivity index is 1.52. The molecule has 0 atom stereocenters. The summed E-state index contributed by atoms with van der Waals surface area (Å²) >= 11 is 6.01. The van der Waals surface area contributed by atoms with Crippen molar-refractivity contribution in [3.8, 4) is 0 Å². The molecule has 6 heteroatoms. The van der Waals surface area contributed by atoms with Gasteiger partial charge in [0, 0.05) is 43.4 Å². The Morgan fingerprint density at radius 2 is 1.96 bits per heavy atom. The highest BCUT2D eigenvalue weighted by atomic mass is 35.5. The van der Waals surface area contributed by atoms with Crippen LogP contribution >= 0.6 is 11.6 Å². The van der Waals surface area contributed by atoms with Crippen LogP contribution in [-0.4, -0.2) is 36.3 Å². The van der Waals surface area contributed by atoms with E-state index in [1.54, 1.807) is 6.92 Å². The molecule has 0 spiro atoms. The van der Waals surface area contributed by atoms with Crippen LogP contribution in [-0.2, 0) is 15.0 Å². The molecular formula is C20H26ClFN2O2. The van der Waals surface area contributed by atoms with Crippen LogP contribution in [0.2, 0.25) is 5.02 Å². The van der Waals surface area contributed by atoms with Gasteiger partial charge in [-0.1, -0.05) is 18.0 Å². The lowest BCUT2D eigenvalue weighted by atomic mass is 9.64. The molecule has 1 aliphatic carbocycles. The number of carbonyl (C=O) groups excluding carboxylic acids is 2. The van der Waals surface area contributed by atoms with Gasteiger partial charge in [0.1, 0.15) is 5.82 Å². The van der Waals surface area contributed by atoms with Gasteiger partial charge in [-0.3, -0.25) is 9.59 Å². The molecule has 1 heterocycles. The predicted molar refractivity (Wildman–Crippen MR) is 99.5 cm³/mol. The number of piperidine rings is 1. The zero-order valence-electron chi connectivity index (χ0n) is 15.2. The summed E-state index contributed by atoms with van der Waals surface area (Å²) in [7, 11) is 0.